The third kappa shape index (κ3) is 3.65. The quantitative estimate of drug-likeness (QED) is 0.866. The Morgan fingerprint density at radius 2 is 1.92 bits per heavy atom. The largest absolute Gasteiger partial charge is 0.386 e. The molecule has 3 heteroatoms. The van der Waals surface area contributed by atoms with E-state index in [-0.39, 0.29) is 17.9 Å². The van der Waals surface area contributed by atoms with E-state index in [1.807, 2.05) is 13.8 Å². The molecular formula is C22H35NO2. The first-order chi connectivity index (χ1) is 11.8. The number of hydrogen-bond acceptors (Lipinski definition) is 3. The molecule has 0 radical (unpaired) electrons. The molecule has 2 fully saturated rings. The lowest BCUT2D eigenvalue weighted by molar-refractivity contribution is -0.286. The van der Waals surface area contributed by atoms with Crippen molar-refractivity contribution in [2.24, 2.45) is 11.8 Å². The normalized spacial score (nSPS) is 35.0. The van der Waals surface area contributed by atoms with E-state index in [1.165, 1.54) is 18.4 Å². The summed E-state index contributed by atoms with van der Waals surface area (Å²) in [7, 11) is 0. The molecule has 5 atom stereocenters. The minimum absolute atomic E-state index is 0.00270. The SMILES string of the molecule is CC[C@](C)(O)[C@@H]1O[C@@H]2C[C@H](C)CC[C@H]2C(C)(C)N1Cc1ccccc1. The van der Waals surface area contributed by atoms with E-state index in [0.29, 0.717) is 18.3 Å². The van der Waals surface area contributed by atoms with Gasteiger partial charge in [0.05, 0.1) is 6.10 Å². The lowest BCUT2D eigenvalue weighted by Gasteiger charge is -2.59. The van der Waals surface area contributed by atoms with Gasteiger partial charge in [-0.1, -0.05) is 50.6 Å². The smallest absolute Gasteiger partial charge is 0.140 e. The number of ether oxygens (including phenoxy) is 1. The second-order valence-corrected chi connectivity index (χ2v) is 9.03. The summed E-state index contributed by atoms with van der Waals surface area (Å²) >= 11 is 0. The number of rotatable bonds is 4. The first kappa shape index (κ1) is 18.9. The molecule has 1 saturated carbocycles. The highest BCUT2D eigenvalue weighted by Crippen LogP contribution is 2.47. The predicted octanol–water partition coefficient (Wildman–Crippen LogP) is 4.59. The van der Waals surface area contributed by atoms with Crippen LogP contribution in [0.2, 0.25) is 0 Å². The Labute approximate surface area is 153 Å². The molecule has 0 amide bonds. The minimum atomic E-state index is -0.849. The van der Waals surface area contributed by atoms with Crippen LogP contribution in [0.25, 0.3) is 0 Å². The van der Waals surface area contributed by atoms with Crippen LogP contribution >= 0.6 is 0 Å². The Kier molecular flexibility index (Phi) is 5.30. The van der Waals surface area contributed by atoms with Crippen molar-refractivity contribution in [2.75, 3.05) is 0 Å². The fourth-order valence-electron chi connectivity index (χ4n) is 4.77. The molecule has 0 spiro atoms. The average molecular weight is 346 g/mol. The highest BCUT2D eigenvalue weighted by atomic mass is 16.5. The molecular weight excluding hydrogens is 310 g/mol. The Balaban J connectivity index is 1.95. The van der Waals surface area contributed by atoms with Gasteiger partial charge in [0.25, 0.3) is 0 Å². The summed E-state index contributed by atoms with van der Waals surface area (Å²) in [4.78, 5) is 2.42. The Bertz CT molecular complexity index is 569. The van der Waals surface area contributed by atoms with E-state index in [9.17, 15) is 5.11 Å². The summed E-state index contributed by atoms with van der Waals surface area (Å²) in [6, 6.07) is 10.6. The molecule has 2 aliphatic rings. The molecule has 140 valence electrons. The van der Waals surface area contributed by atoms with E-state index in [1.54, 1.807) is 0 Å². The van der Waals surface area contributed by atoms with Gasteiger partial charge in [0.15, 0.2) is 0 Å². The summed E-state index contributed by atoms with van der Waals surface area (Å²) in [5.74, 6) is 1.24. The van der Waals surface area contributed by atoms with Gasteiger partial charge < -0.3 is 9.84 Å². The van der Waals surface area contributed by atoms with E-state index in [4.69, 9.17) is 4.74 Å². The Morgan fingerprint density at radius 1 is 1.24 bits per heavy atom. The van der Waals surface area contributed by atoms with Crippen LogP contribution in [0.5, 0.6) is 0 Å². The van der Waals surface area contributed by atoms with Crippen LogP contribution in [-0.2, 0) is 11.3 Å². The van der Waals surface area contributed by atoms with Gasteiger partial charge in [0, 0.05) is 18.0 Å². The zero-order chi connectivity index (χ0) is 18.2. The van der Waals surface area contributed by atoms with Gasteiger partial charge in [0.1, 0.15) is 11.8 Å². The number of nitrogens with zero attached hydrogens (tertiary/aromatic N) is 1. The molecule has 0 bridgehead atoms. The van der Waals surface area contributed by atoms with E-state index in [0.717, 1.165) is 13.0 Å². The van der Waals surface area contributed by atoms with Crippen LogP contribution in [0.1, 0.15) is 65.9 Å². The number of benzene rings is 1. The van der Waals surface area contributed by atoms with Crippen molar-refractivity contribution >= 4 is 0 Å². The van der Waals surface area contributed by atoms with Crippen LogP contribution in [0.15, 0.2) is 30.3 Å². The van der Waals surface area contributed by atoms with Crippen molar-refractivity contribution in [1.29, 1.82) is 0 Å². The molecule has 3 nitrogen and oxygen atoms in total. The van der Waals surface area contributed by atoms with Crippen molar-refractivity contribution < 1.29 is 9.84 Å². The number of aliphatic hydroxyl groups is 1. The summed E-state index contributed by atoms with van der Waals surface area (Å²) in [5, 5.41) is 11.1. The van der Waals surface area contributed by atoms with Crippen LogP contribution in [0.4, 0.5) is 0 Å². The van der Waals surface area contributed by atoms with Gasteiger partial charge >= 0.3 is 0 Å². The van der Waals surface area contributed by atoms with Gasteiger partial charge in [-0.25, -0.2) is 0 Å². The van der Waals surface area contributed by atoms with Crippen LogP contribution < -0.4 is 0 Å². The van der Waals surface area contributed by atoms with Crippen molar-refractivity contribution in [3.05, 3.63) is 35.9 Å². The topological polar surface area (TPSA) is 32.7 Å². The zero-order valence-corrected chi connectivity index (χ0v) is 16.5. The fourth-order valence-corrected chi connectivity index (χ4v) is 4.77. The zero-order valence-electron chi connectivity index (χ0n) is 16.5. The molecule has 3 rings (SSSR count). The Morgan fingerprint density at radius 3 is 2.56 bits per heavy atom. The Hall–Kier alpha value is -0.900. The molecule has 0 aromatic heterocycles. The molecule has 1 aromatic rings. The van der Waals surface area contributed by atoms with Crippen LogP contribution in [-0.4, -0.2) is 33.5 Å². The fraction of sp³-hybridized carbons (Fsp3) is 0.727. The average Bonchev–Trinajstić information content (AvgIpc) is 2.57. The number of hydrogen-bond donors (Lipinski definition) is 1. The summed E-state index contributed by atoms with van der Waals surface area (Å²) in [6.07, 6.45) is 4.29. The van der Waals surface area contributed by atoms with Gasteiger partial charge in [-0.3, -0.25) is 4.90 Å². The molecule has 1 N–H and O–H groups in total. The number of fused-ring (bicyclic) bond motifs is 1. The summed E-state index contributed by atoms with van der Waals surface area (Å²) in [6.45, 7) is 11.8. The highest BCUT2D eigenvalue weighted by Gasteiger charge is 2.54. The lowest BCUT2D eigenvalue weighted by Crippen LogP contribution is -2.69. The third-order valence-electron chi connectivity index (χ3n) is 6.73. The van der Waals surface area contributed by atoms with Crippen LogP contribution in [0, 0.1) is 11.8 Å². The monoisotopic (exact) mass is 345 g/mol. The molecule has 25 heavy (non-hydrogen) atoms. The van der Waals surface area contributed by atoms with Crippen molar-refractivity contribution in [2.45, 2.75) is 90.3 Å². The molecule has 1 heterocycles. The van der Waals surface area contributed by atoms with Crippen molar-refractivity contribution in [1.82, 2.24) is 4.90 Å². The van der Waals surface area contributed by atoms with E-state index in [2.05, 4.69) is 56.0 Å². The minimum Gasteiger partial charge on any atom is -0.386 e. The highest BCUT2D eigenvalue weighted by molar-refractivity contribution is 5.16. The lowest BCUT2D eigenvalue weighted by atomic mass is 9.69. The predicted molar refractivity (Wildman–Crippen MR) is 102 cm³/mol. The second-order valence-electron chi connectivity index (χ2n) is 9.03. The van der Waals surface area contributed by atoms with Gasteiger partial charge in [-0.05, 0) is 51.5 Å². The maximum atomic E-state index is 11.1. The maximum absolute atomic E-state index is 11.1. The van der Waals surface area contributed by atoms with Crippen LogP contribution in [0.3, 0.4) is 0 Å². The second kappa shape index (κ2) is 7.02. The van der Waals surface area contributed by atoms with Gasteiger partial charge in [0.2, 0.25) is 0 Å². The first-order valence-corrected chi connectivity index (χ1v) is 9.94. The van der Waals surface area contributed by atoms with Gasteiger partial charge in [-0.15, -0.1) is 0 Å². The summed E-state index contributed by atoms with van der Waals surface area (Å²) < 4.78 is 6.61. The summed E-state index contributed by atoms with van der Waals surface area (Å²) in [5.41, 5.74) is 0.430. The first-order valence-electron chi connectivity index (χ1n) is 9.94. The molecule has 1 aromatic carbocycles. The van der Waals surface area contributed by atoms with Crippen molar-refractivity contribution in [3.8, 4) is 0 Å². The van der Waals surface area contributed by atoms with Gasteiger partial charge in [-0.2, -0.15) is 0 Å². The molecule has 1 aliphatic carbocycles. The van der Waals surface area contributed by atoms with E-state index < -0.39 is 5.60 Å². The molecule has 0 unspecified atom stereocenters. The molecule has 1 saturated heterocycles. The third-order valence-corrected chi connectivity index (χ3v) is 6.73. The maximum Gasteiger partial charge on any atom is 0.140 e. The van der Waals surface area contributed by atoms with Crippen molar-refractivity contribution in [3.63, 3.8) is 0 Å². The standard InChI is InChI=1S/C22H35NO2/c1-6-22(5,24)20-23(15-17-10-8-7-9-11-17)21(3,4)18-13-12-16(2)14-19(18)25-20/h7-11,16,18-20,24H,6,12-15H2,1-5H3/t16-,18-,19-,20+,22+/m1/s1. The molecule has 1 aliphatic heterocycles. The van der Waals surface area contributed by atoms with E-state index >= 15 is 0 Å².